The van der Waals surface area contributed by atoms with Gasteiger partial charge in [0.25, 0.3) is 11.7 Å². The Labute approximate surface area is 175 Å². The second-order valence-corrected chi connectivity index (χ2v) is 7.53. The molecule has 9 nitrogen and oxygen atoms in total. The molecule has 30 heavy (non-hydrogen) atoms. The highest BCUT2D eigenvalue weighted by molar-refractivity contribution is 5.78. The van der Waals surface area contributed by atoms with Gasteiger partial charge in [-0.25, -0.2) is 0 Å². The fourth-order valence-corrected chi connectivity index (χ4v) is 3.52. The summed E-state index contributed by atoms with van der Waals surface area (Å²) in [5.74, 6) is 3.18. The molecule has 1 fully saturated rings. The maximum atomic E-state index is 12.5. The number of rotatable bonds is 6. The zero-order chi connectivity index (χ0) is 21.1. The van der Waals surface area contributed by atoms with Gasteiger partial charge in [0.2, 0.25) is 0 Å². The Morgan fingerprint density at radius 3 is 2.47 bits per heavy atom. The first-order valence-electron chi connectivity index (χ1n) is 10.1. The van der Waals surface area contributed by atoms with Gasteiger partial charge < -0.3 is 19.3 Å². The summed E-state index contributed by atoms with van der Waals surface area (Å²) in [5.41, 5.74) is 1.12. The fourth-order valence-electron chi connectivity index (χ4n) is 3.52. The number of ether oxygens (including phenoxy) is 2. The monoisotopic (exact) mass is 410 g/mol. The molecule has 0 unspecified atom stereocenters. The Kier molecular flexibility index (Phi) is 5.69. The quantitative estimate of drug-likeness (QED) is 0.614. The van der Waals surface area contributed by atoms with Gasteiger partial charge in [-0.2, -0.15) is 4.98 Å². The number of hydrogen-bond donors (Lipinski definition) is 0. The lowest BCUT2D eigenvalue weighted by Crippen LogP contribution is -2.50. The minimum atomic E-state index is -0.0193. The standard InChI is InChI=1S/C21H26N6O3/c1-15(2)18-12-19(23-21-24-22-14-27(18)21)25-8-10-26(11-9-25)20(28)13-30-17-6-4-16(29-3)5-7-17/h4-7,12,14-15H,8-11,13H2,1-3H3. The van der Waals surface area contributed by atoms with Crippen molar-refractivity contribution >= 4 is 17.5 Å². The molecule has 0 radical (unpaired) electrons. The Balaban J connectivity index is 1.35. The molecule has 0 aliphatic carbocycles. The van der Waals surface area contributed by atoms with E-state index < -0.39 is 0 Å². The van der Waals surface area contributed by atoms with Crippen LogP contribution in [-0.4, -0.2) is 70.3 Å². The summed E-state index contributed by atoms with van der Waals surface area (Å²) in [6.07, 6.45) is 1.70. The third kappa shape index (κ3) is 4.14. The Hall–Kier alpha value is -3.36. The van der Waals surface area contributed by atoms with Gasteiger partial charge in [-0.1, -0.05) is 13.8 Å². The zero-order valence-electron chi connectivity index (χ0n) is 17.5. The molecule has 1 aliphatic rings. The van der Waals surface area contributed by atoms with Gasteiger partial charge in [0.1, 0.15) is 23.6 Å². The summed E-state index contributed by atoms with van der Waals surface area (Å²) in [6.45, 7) is 6.97. The van der Waals surface area contributed by atoms with Crippen LogP contribution in [0.2, 0.25) is 0 Å². The van der Waals surface area contributed by atoms with E-state index in [4.69, 9.17) is 9.47 Å². The third-order valence-corrected chi connectivity index (χ3v) is 5.27. The van der Waals surface area contributed by atoms with Crippen molar-refractivity contribution in [2.24, 2.45) is 0 Å². The van der Waals surface area contributed by atoms with Crippen LogP contribution in [0.5, 0.6) is 11.5 Å². The van der Waals surface area contributed by atoms with Crippen molar-refractivity contribution in [3.05, 3.63) is 42.4 Å². The lowest BCUT2D eigenvalue weighted by atomic mass is 10.1. The Morgan fingerprint density at radius 2 is 1.80 bits per heavy atom. The highest BCUT2D eigenvalue weighted by Crippen LogP contribution is 2.22. The number of methoxy groups -OCH3 is 1. The summed E-state index contributed by atoms with van der Waals surface area (Å²) in [4.78, 5) is 21.2. The van der Waals surface area contributed by atoms with Crippen LogP contribution in [0.1, 0.15) is 25.5 Å². The maximum absolute atomic E-state index is 12.5. The maximum Gasteiger partial charge on any atom is 0.260 e. The zero-order valence-corrected chi connectivity index (χ0v) is 17.5. The molecule has 0 N–H and O–H groups in total. The van der Waals surface area contributed by atoms with Crippen LogP contribution in [0, 0.1) is 0 Å². The summed E-state index contributed by atoms with van der Waals surface area (Å²) in [7, 11) is 1.61. The number of benzene rings is 1. The first-order valence-corrected chi connectivity index (χ1v) is 10.1. The number of aromatic nitrogens is 4. The number of carbonyl (C=O) groups is 1. The van der Waals surface area contributed by atoms with Gasteiger partial charge >= 0.3 is 0 Å². The van der Waals surface area contributed by atoms with E-state index in [1.807, 2.05) is 21.4 Å². The number of piperazine rings is 1. The second kappa shape index (κ2) is 8.56. The smallest absolute Gasteiger partial charge is 0.260 e. The summed E-state index contributed by atoms with van der Waals surface area (Å²) >= 11 is 0. The average molecular weight is 410 g/mol. The van der Waals surface area contributed by atoms with E-state index in [1.54, 1.807) is 25.6 Å². The lowest BCUT2D eigenvalue weighted by Gasteiger charge is -2.35. The lowest BCUT2D eigenvalue weighted by molar-refractivity contribution is -0.133. The molecule has 3 aromatic rings. The SMILES string of the molecule is COc1ccc(OCC(=O)N2CCN(c3cc(C(C)C)n4cnnc4n3)CC2)cc1. The van der Waals surface area contributed by atoms with Gasteiger partial charge in [-0.05, 0) is 30.2 Å². The Bertz CT molecular complexity index is 1010. The van der Waals surface area contributed by atoms with E-state index in [1.165, 1.54) is 0 Å². The first-order chi connectivity index (χ1) is 14.5. The van der Waals surface area contributed by atoms with E-state index in [2.05, 4.69) is 40.0 Å². The van der Waals surface area contributed by atoms with Gasteiger partial charge in [-0.15, -0.1) is 10.2 Å². The molecule has 1 aromatic carbocycles. The molecule has 4 rings (SSSR count). The van der Waals surface area contributed by atoms with Crippen molar-refractivity contribution in [3.63, 3.8) is 0 Å². The molecule has 2 aromatic heterocycles. The van der Waals surface area contributed by atoms with Crippen molar-refractivity contribution in [1.29, 1.82) is 0 Å². The highest BCUT2D eigenvalue weighted by Gasteiger charge is 2.23. The molecule has 0 spiro atoms. The number of carbonyl (C=O) groups excluding carboxylic acids is 1. The topological polar surface area (TPSA) is 85.1 Å². The number of amides is 1. The minimum absolute atomic E-state index is 0.0193. The van der Waals surface area contributed by atoms with Crippen molar-refractivity contribution in [2.45, 2.75) is 19.8 Å². The molecular weight excluding hydrogens is 384 g/mol. The van der Waals surface area contributed by atoms with Crippen LogP contribution in [0.15, 0.2) is 36.7 Å². The second-order valence-electron chi connectivity index (χ2n) is 7.53. The van der Waals surface area contributed by atoms with Crippen molar-refractivity contribution in [3.8, 4) is 11.5 Å². The molecular formula is C21H26N6O3. The number of fused-ring (bicyclic) bond motifs is 1. The summed E-state index contributed by atoms with van der Waals surface area (Å²) < 4.78 is 12.7. The molecule has 1 amide bonds. The van der Waals surface area contributed by atoms with Crippen molar-refractivity contribution in [2.75, 3.05) is 44.8 Å². The number of anilines is 1. The molecule has 3 heterocycles. The van der Waals surface area contributed by atoms with E-state index in [0.29, 0.717) is 43.6 Å². The van der Waals surface area contributed by atoms with Gasteiger partial charge in [-0.3, -0.25) is 9.20 Å². The third-order valence-electron chi connectivity index (χ3n) is 5.27. The molecule has 0 bridgehead atoms. The molecule has 1 aliphatic heterocycles. The fraction of sp³-hybridized carbons (Fsp3) is 0.429. The Morgan fingerprint density at radius 1 is 1.10 bits per heavy atom. The van der Waals surface area contributed by atoms with Gasteiger partial charge in [0.15, 0.2) is 6.61 Å². The predicted molar refractivity (Wildman–Crippen MR) is 112 cm³/mol. The van der Waals surface area contributed by atoms with Crippen LogP contribution in [0.25, 0.3) is 5.78 Å². The molecule has 9 heteroatoms. The normalized spacial score (nSPS) is 14.4. The molecule has 0 atom stereocenters. The highest BCUT2D eigenvalue weighted by atomic mass is 16.5. The van der Waals surface area contributed by atoms with Gasteiger partial charge in [0.05, 0.1) is 7.11 Å². The molecule has 0 saturated carbocycles. The van der Waals surface area contributed by atoms with Crippen LogP contribution in [0.4, 0.5) is 5.82 Å². The summed E-state index contributed by atoms with van der Waals surface area (Å²) in [5, 5.41) is 8.09. The first kappa shape index (κ1) is 19.9. The predicted octanol–water partition coefficient (Wildman–Crippen LogP) is 1.98. The molecule has 1 saturated heterocycles. The van der Waals surface area contributed by atoms with Crippen molar-refractivity contribution < 1.29 is 14.3 Å². The number of hydrogen-bond acceptors (Lipinski definition) is 7. The van der Waals surface area contributed by atoms with Crippen LogP contribution in [0.3, 0.4) is 0 Å². The van der Waals surface area contributed by atoms with E-state index in [9.17, 15) is 4.79 Å². The van der Waals surface area contributed by atoms with Crippen molar-refractivity contribution in [1.82, 2.24) is 24.5 Å². The number of nitrogens with zero attached hydrogens (tertiary/aromatic N) is 6. The largest absolute Gasteiger partial charge is 0.497 e. The van der Waals surface area contributed by atoms with Crippen LogP contribution in [-0.2, 0) is 4.79 Å². The average Bonchev–Trinajstić information content (AvgIpc) is 3.26. The summed E-state index contributed by atoms with van der Waals surface area (Å²) in [6, 6.07) is 9.29. The molecule has 158 valence electrons. The van der Waals surface area contributed by atoms with E-state index >= 15 is 0 Å². The van der Waals surface area contributed by atoms with Crippen LogP contribution >= 0.6 is 0 Å². The van der Waals surface area contributed by atoms with Crippen LogP contribution < -0.4 is 14.4 Å². The van der Waals surface area contributed by atoms with E-state index in [-0.39, 0.29) is 12.5 Å². The van der Waals surface area contributed by atoms with Gasteiger partial charge in [0, 0.05) is 37.9 Å². The minimum Gasteiger partial charge on any atom is -0.497 e. The van der Waals surface area contributed by atoms with E-state index in [0.717, 1.165) is 17.3 Å².